The van der Waals surface area contributed by atoms with Crippen LogP contribution in [0.5, 0.6) is 0 Å². The number of hydrogen-bond acceptors (Lipinski definition) is 2. The van der Waals surface area contributed by atoms with Crippen molar-refractivity contribution in [3.05, 3.63) is 0 Å². The molecule has 0 bridgehead atoms. The molecule has 0 aromatic heterocycles. The van der Waals surface area contributed by atoms with Crippen LogP contribution in [0.25, 0.3) is 0 Å². The molecule has 0 saturated carbocycles. The van der Waals surface area contributed by atoms with Gasteiger partial charge in [0.1, 0.15) is 0 Å². The Hall–Kier alpha value is -0.0800. The summed E-state index contributed by atoms with van der Waals surface area (Å²) in [5.74, 6) is 0. The number of rotatable bonds is 16. The lowest BCUT2D eigenvalue weighted by Crippen LogP contribution is -2.37. The van der Waals surface area contributed by atoms with E-state index in [0.29, 0.717) is 0 Å². The summed E-state index contributed by atoms with van der Waals surface area (Å²) in [6.07, 6.45) is 19.5. The summed E-state index contributed by atoms with van der Waals surface area (Å²) < 4.78 is 0. The maximum atomic E-state index is 5.91. The highest BCUT2D eigenvalue weighted by atomic mass is 15.0. The molecule has 0 saturated heterocycles. The molecule has 20 heavy (non-hydrogen) atoms. The summed E-state index contributed by atoms with van der Waals surface area (Å²) in [5.41, 5.74) is 5.91. The van der Waals surface area contributed by atoms with E-state index in [1.54, 1.807) is 0 Å². The average Bonchev–Trinajstić information content (AvgIpc) is 2.44. The Kier molecular flexibility index (Phi) is 16.9. The molecule has 2 nitrogen and oxygen atoms in total. The maximum Gasteiger partial charge on any atom is 0.0546 e. The molecule has 0 heterocycles. The van der Waals surface area contributed by atoms with Gasteiger partial charge in [-0.3, -0.25) is 0 Å². The smallest absolute Gasteiger partial charge is 0.0546 e. The van der Waals surface area contributed by atoms with Crippen LogP contribution in [0.15, 0.2) is 0 Å². The van der Waals surface area contributed by atoms with Gasteiger partial charge in [-0.25, -0.2) is 0 Å². The van der Waals surface area contributed by atoms with Gasteiger partial charge < -0.3 is 11.1 Å². The molecule has 0 rings (SSSR count). The number of hydrogen-bond donors (Lipinski definition) is 2. The Morgan fingerprint density at radius 1 is 0.650 bits per heavy atom. The second-order valence-electron chi connectivity index (χ2n) is 6.24. The van der Waals surface area contributed by atoms with Gasteiger partial charge in [-0.05, 0) is 19.4 Å². The second-order valence-corrected chi connectivity index (χ2v) is 6.24. The number of nitrogens with one attached hydrogen (secondary N) is 1. The van der Waals surface area contributed by atoms with E-state index in [1.807, 2.05) is 0 Å². The molecule has 0 aliphatic heterocycles. The highest BCUT2D eigenvalue weighted by Crippen LogP contribution is 2.11. The molecule has 1 unspecified atom stereocenters. The standard InChI is InChI=1S/C18H40N2/c1-3-5-6-7-8-9-10-11-12-13-14-15-17-20-18(19)16-4-2/h18,20H,3-17,19H2,1-2H3. The van der Waals surface area contributed by atoms with Crippen molar-refractivity contribution in [2.75, 3.05) is 6.54 Å². The third-order valence-corrected chi connectivity index (χ3v) is 4.04. The minimum atomic E-state index is 0.215. The molecule has 0 amide bonds. The maximum absolute atomic E-state index is 5.91. The second kappa shape index (κ2) is 17.0. The molecule has 1 atom stereocenters. The lowest BCUT2D eigenvalue weighted by Gasteiger charge is -2.12. The Bertz CT molecular complexity index is 171. The van der Waals surface area contributed by atoms with Crippen molar-refractivity contribution >= 4 is 0 Å². The van der Waals surface area contributed by atoms with Gasteiger partial charge in [0.2, 0.25) is 0 Å². The van der Waals surface area contributed by atoms with Crippen LogP contribution >= 0.6 is 0 Å². The molecular formula is C18H40N2. The van der Waals surface area contributed by atoms with Gasteiger partial charge in [-0.15, -0.1) is 0 Å². The molecule has 122 valence electrons. The lowest BCUT2D eigenvalue weighted by atomic mass is 10.1. The molecule has 3 N–H and O–H groups in total. The lowest BCUT2D eigenvalue weighted by molar-refractivity contribution is 0.470. The first-order valence-electron chi connectivity index (χ1n) is 9.30. The van der Waals surface area contributed by atoms with Crippen molar-refractivity contribution in [3.8, 4) is 0 Å². The van der Waals surface area contributed by atoms with Crippen molar-refractivity contribution in [2.24, 2.45) is 5.73 Å². The number of nitrogens with two attached hydrogens (primary N) is 1. The zero-order valence-electron chi connectivity index (χ0n) is 14.3. The van der Waals surface area contributed by atoms with E-state index in [4.69, 9.17) is 5.73 Å². The number of unbranched alkanes of at least 4 members (excludes halogenated alkanes) is 11. The van der Waals surface area contributed by atoms with Crippen LogP contribution in [0.3, 0.4) is 0 Å². The molecule has 0 aromatic carbocycles. The minimum absolute atomic E-state index is 0.215. The first-order chi connectivity index (χ1) is 9.81. The predicted molar refractivity (Wildman–Crippen MR) is 92.0 cm³/mol. The molecular weight excluding hydrogens is 244 g/mol. The molecule has 0 aromatic rings. The van der Waals surface area contributed by atoms with Gasteiger partial charge in [-0.1, -0.05) is 90.9 Å². The SMILES string of the molecule is CCCCCCCCCCCCCCNC(N)CCC. The van der Waals surface area contributed by atoms with Crippen LogP contribution in [0, 0.1) is 0 Å². The molecule has 0 radical (unpaired) electrons. The molecule has 0 aliphatic carbocycles. The van der Waals surface area contributed by atoms with Gasteiger partial charge in [-0.2, -0.15) is 0 Å². The Balaban J connectivity index is 2.99. The molecule has 0 aliphatic rings. The summed E-state index contributed by atoms with van der Waals surface area (Å²) >= 11 is 0. The van der Waals surface area contributed by atoms with E-state index in [9.17, 15) is 0 Å². The van der Waals surface area contributed by atoms with E-state index < -0.39 is 0 Å². The van der Waals surface area contributed by atoms with Crippen LogP contribution in [-0.2, 0) is 0 Å². The summed E-state index contributed by atoms with van der Waals surface area (Å²) in [7, 11) is 0. The third-order valence-electron chi connectivity index (χ3n) is 4.04. The summed E-state index contributed by atoms with van der Waals surface area (Å²) in [6.45, 7) is 5.57. The summed E-state index contributed by atoms with van der Waals surface area (Å²) in [4.78, 5) is 0. The fraction of sp³-hybridized carbons (Fsp3) is 1.00. The molecule has 0 fully saturated rings. The summed E-state index contributed by atoms with van der Waals surface area (Å²) in [6, 6.07) is 0. The normalized spacial score (nSPS) is 12.8. The van der Waals surface area contributed by atoms with E-state index in [2.05, 4.69) is 19.2 Å². The van der Waals surface area contributed by atoms with Crippen molar-refractivity contribution in [1.29, 1.82) is 0 Å². The van der Waals surface area contributed by atoms with Crippen LogP contribution in [0.2, 0.25) is 0 Å². The van der Waals surface area contributed by atoms with Gasteiger partial charge in [0, 0.05) is 0 Å². The Morgan fingerprint density at radius 2 is 1.10 bits per heavy atom. The first-order valence-corrected chi connectivity index (χ1v) is 9.30. The summed E-state index contributed by atoms with van der Waals surface area (Å²) in [5, 5.41) is 3.40. The van der Waals surface area contributed by atoms with E-state index in [-0.39, 0.29) is 6.17 Å². The van der Waals surface area contributed by atoms with Gasteiger partial charge in [0.05, 0.1) is 6.17 Å². The average molecular weight is 285 g/mol. The van der Waals surface area contributed by atoms with Crippen LogP contribution < -0.4 is 11.1 Å². The van der Waals surface area contributed by atoms with Crippen molar-refractivity contribution < 1.29 is 0 Å². The Morgan fingerprint density at radius 3 is 1.55 bits per heavy atom. The topological polar surface area (TPSA) is 38.0 Å². The largest absolute Gasteiger partial charge is 0.316 e. The van der Waals surface area contributed by atoms with E-state index in [0.717, 1.165) is 13.0 Å². The third kappa shape index (κ3) is 16.0. The van der Waals surface area contributed by atoms with Crippen molar-refractivity contribution in [2.45, 2.75) is 110 Å². The quantitative estimate of drug-likeness (QED) is 0.296. The zero-order chi connectivity index (χ0) is 14.9. The zero-order valence-corrected chi connectivity index (χ0v) is 14.3. The first kappa shape index (κ1) is 19.9. The fourth-order valence-corrected chi connectivity index (χ4v) is 2.67. The van der Waals surface area contributed by atoms with Crippen LogP contribution in [0.4, 0.5) is 0 Å². The van der Waals surface area contributed by atoms with Gasteiger partial charge in [0.15, 0.2) is 0 Å². The molecule has 0 spiro atoms. The fourth-order valence-electron chi connectivity index (χ4n) is 2.67. The van der Waals surface area contributed by atoms with Crippen molar-refractivity contribution in [1.82, 2.24) is 5.32 Å². The van der Waals surface area contributed by atoms with E-state index in [1.165, 1.54) is 83.5 Å². The monoisotopic (exact) mass is 284 g/mol. The highest BCUT2D eigenvalue weighted by molar-refractivity contribution is 4.57. The van der Waals surface area contributed by atoms with Crippen molar-refractivity contribution in [3.63, 3.8) is 0 Å². The minimum Gasteiger partial charge on any atom is -0.316 e. The highest BCUT2D eigenvalue weighted by Gasteiger charge is 1.98. The van der Waals surface area contributed by atoms with Gasteiger partial charge >= 0.3 is 0 Å². The predicted octanol–water partition coefficient (Wildman–Crippen LogP) is 5.36. The van der Waals surface area contributed by atoms with Crippen LogP contribution in [0.1, 0.15) is 104 Å². The van der Waals surface area contributed by atoms with E-state index >= 15 is 0 Å². The van der Waals surface area contributed by atoms with Crippen LogP contribution in [-0.4, -0.2) is 12.7 Å². The van der Waals surface area contributed by atoms with Gasteiger partial charge in [0.25, 0.3) is 0 Å². The molecule has 2 heteroatoms. The Labute approximate surface area is 128 Å².